The monoisotopic (exact) mass is 179 g/mol. The van der Waals surface area contributed by atoms with Gasteiger partial charge in [0.1, 0.15) is 0 Å². The fourth-order valence-electron chi connectivity index (χ4n) is 1.22. The van der Waals surface area contributed by atoms with E-state index < -0.39 is 0 Å². The molecule has 2 heteroatoms. The number of nitrogen functional groups attached to an aromatic ring is 1. The Kier molecular flexibility index (Phi) is 2.94. The summed E-state index contributed by atoms with van der Waals surface area (Å²) in [6.07, 6.45) is 1.05. The number of para-hydroxylation sites is 1. The minimum absolute atomic E-state index is 0.913. The molecule has 0 aliphatic heterocycles. The zero-order valence-electron chi connectivity index (χ0n) is 8.75. The molecule has 0 amide bonds. The molecule has 1 aromatic carbocycles. The lowest BCUT2D eigenvalue weighted by Crippen LogP contribution is -2.36. The molecule has 2 nitrogen and oxygen atoms in total. The molecule has 0 aromatic heterocycles. The van der Waals surface area contributed by atoms with Gasteiger partial charge in [-0.1, -0.05) is 18.2 Å². The molecular weight excluding hydrogens is 160 g/mol. The van der Waals surface area contributed by atoms with Gasteiger partial charge in [0, 0.05) is 12.1 Å². The van der Waals surface area contributed by atoms with Crippen LogP contribution in [-0.4, -0.2) is 32.2 Å². The predicted molar refractivity (Wildman–Crippen MR) is 57.5 cm³/mol. The molecular formula is C11H19N2+. The fourth-order valence-corrected chi connectivity index (χ4v) is 1.22. The molecule has 2 N–H and O–H groups in total. The second-order valence-electron chi connectivity index (χ2n) is 4.46. The van der Waals surface area contributed by atoms with Gasteiger partial charge in [-0.2, -0.15) is 0 Å². The van der Waals surface area contributed by atoms with Gasteiger partial charge in [0.05, 0.1) is 27.7 Å². The first-order valence-electron chi connectivity index (χ1n) is 4.63. The molecule has 0 radical (unpaired) electrons. The highest BCUT2D eigenvalue weighted by Crippen LogP contribution is 2.11. The fraction of sp³-hybridized carbons (Fsp3) is 0.455. The van der Waals surface area contributed by atoms with Crippen molar-refractivity contribution in [3.63, 3.8) is 0 Å². The van der Waals surface area contributed by atoms with Crippen LogP contribution < -0.4 is 5.73 Å². The lowest BCUT2D eigenvalue weighted by molar-refractivity contribution is -0.870. The van der Waals surface area contributed by atoms with Gasteiger partial charge >= 0.3 is 0 Å². The Balaban J connectivity index is 2.60. The largest absolute Gasteiger partial charge is 0.399 e. The van der Waals surface area contributed by atoms with Gasteiger partial charge in [-0.05, 0) is 11.6 Å². The molecule has 1 aromatic rings. The van der Waals surface area contributed by atoms with Crippen LogP contribution >= 0.6 is 0 Å². The van der Waals surface area contributed by atoms with E-state index in [0.29, 0.717) is 0 Å². The lowest BCUT2D eigenvalue weighted by Gasteiger charge is -2.24. The maximum absolute atomic E-state index is 5.84. The van der Waals surface area contributed by atoms with Crippen LogP contribution in [0, 0.1) is 0 Å². The van der Waals surface area contributed by atoms with Crippen LogP contribution in [0.3, 0.4) is 0 Å². The summed E-state index contributed by atoms with van der Waals surface area (Å²) in [5, 5.41) is 0. The SMILES string of the molecule is C[N+](C)(C)CCc1ccccc1N. The first-order valence-corrected chi connectivity index (χ1v) is 4.63. The molecule has 0 heterocycles. The Labute approximate surface area is 80.6 Å². The zero-order chi connectivity index (χ0) is 9.90. The zero-order valence-corrected chi connectivity index (χ0v) is 8.75. The second-order valence-corrected chi connectivity index (χ2v) is 4.46. The van der Waals surface area contributed by atoms with Crippen LogP contribution in [0.2, 0.25) is 0 Å². The maximum atomic E-state index is 5.84. The molecule has 13 heavy (non-hydrogen) atoms. The molecule has 1 rings (SSSR count). The summed E-state index contributed by atoms with van der Waals surface area (Å²) >= 11 is 0. The number of hydrogen-bond acceptors (Lipinski definition) is 1. The minimum atomic E-state index is 0.913. The summed E-state index contributed by atoms with van der Waals surface area (Å²) in [6.45, 7) is 1.12. The van der Waals surface area contributed by atoms with Gasteiger partial charge in [-0.25, -0.2) is 0 Å². The molecule has 0 spiro atoms. The van der Waals surface area contributed by atoms with Crippen molar-refractivity contribution in [1.29, 1.82) is 0 Å². The Morgan fingerprint density at radius 3 is 2.31 bits per heavy atom. The van der Waals surface area contributed by atoms with Gasteiger partial charge in [-0.15, -0.1) is 0 Å². The van der Waals surface area contributed by atoms with Crippen molar-refractivity contribution in [2.45, 2.75) is 6.42 Å². The van der Waals surface area contributed by atoms with Crippen LogP contribution in [-0.2, 0) is 6.42 Å². The summed E-state index contributed by atoms with van der Waals surface area (Å²) in [6, 6.07) is 8.09. The standard InChI is InChI=1S/C11H19N2/c1-13(2,3)9-8-10-6-4-5-7-11(10)12/h4-7H,8-9,12H2,1-3H3/q+1. The number of benzene rings is 1. The van der Waals surface area contributed by atoms with Crippen molar-refractivity contribution >= 4 is 5.69 Å². The molecule has 0 atom stereocenters. The van der Waals surface area contributed by atoms with Crippen LogP contribution in [0.1, 0.15) is 5.56 Å². The molecule has 0 saturated carbocycles. The van der Waals surface area contributed by atoms with Crippen LogP contribution in [0.5, 0.6) is 0 Å². The smallest absolute Gasteiger partial charge is 0.0822 e. The van der Waals surface area contributed by atoms with E-state index in [0.717, 1.165) is 23.1 Å². The number of rotatable bonds is 3. The summed E-state index contributed by atoms with van der Waals surface area (Å²) in [4.78, 5) is 0. The molecule has 0 unspecified atom stereocenters. The average Bonchev–Trinajstić information content (AvgIpc) is 2.01. The van der Waals surface area contributed by atoms with Crippen molar-refractivity contribution in [3.05, 3.63) is 29.8 Å². The third-order valence-corrected chi connectivity index (χ3v) is 2.11. The highest BCUT2D eigenvalue weighted by molar-refractivity contribution is 5.46. The predicted octanol–water partition coefficient (Wildman–Crippen LogP) is 1.52. The number of nitrogens with two attached hydrogens (primary N) is 1. The first-order chi connectivity index (χ1) is 5.99. The van der Waals surface area contributed by atoms with Gasteiger partial charge in [0.25, 0.3) is 0 Å². The van der Waals surface area contributed by atoms with Crippen LogP contribution in [0.4, 0.5) is 5.69 Å². The van der Waals surface area contributed by atoms with Crippen molar-refractivity contribution in [1.82, 2.24) is 0 Å². The summed E-state index contributed by atoms with van der Waals surface area (Å²) in [5.41, 5.74) is 8.02. The van der Waals surface area contributed by atoms with E-state index in [-0.39, 0.29) is 0 Å². The molecule has 0 saturated heterocycles. The summed E-state index contributed by atoms with van der Waals surface area (Å²) < 4.78 is 0.980. The van der Waals surface area contributed by atoms with Gasteiger partial charge in [0.15, 0.2) is 0 Å². The Hall–Kier alpha value is -1.02. The van der Waals surface area contributed by atoms with Gasteiger partial charge < -0.3 is 10.2 Å². The van der Waals surface area contributed by atoms with Gasteiger partial charge in [0.2, 0.25) is 0 Å². The number of likely N-dealkylation sites (N-methyl/N-ethyl adjacent to an activating group) is 1. The molecule has 0 aliphatic carbocycles. The first kappa shape index (κ1) is 10.1. The van der Waals surface area contributed by atoms with Crippen LogP contribution in [0.25, 0.3) is 0 Å². The molecule has 0 fully saturated rings. The highest BCUT2D eigenvalue weighted by Gasteiger charge is 2.07. The lowest BCUT2D eigenvalue weighted by atomic mass is 10.1. The topological polar surface area (TPSA) is 26.0 Å². The summed E-state index contributed by atoms with van der Waals surface area (Å²) in [7, 11) is 6.58. The van der Waals surface area contributed by atoms with Crippen molar-refractivity contribution < 1.29 is 4.48 Å². The van der Waals surface area contributed by atoms with E-state index in [2.05, 4.69) is 27.2 Å². The Bertz CT molecular complexity index is 274. The number of anilines is 1. The normalized spacial score (nSPS) is 11.6. The Morgan fingerprint density at radius 1 is 1.15 bits per heavy atom. The van der Waals surface area contributed by atoms with Crippen LogP contribution in [0.15, 0.2) is 24.3 Å². The van der Waals surface area contributed by atoms with E-state index in [1.54, 1.807) is 0 Å². The van der Waals surface area contributed by atoms with E-state index in [1.807, 2.05) is 18.2 Å². The Morgan fingerprint density at radius 2 is 1.77 bits per heavy atom. The average molecular weight is 179 g/mol. The molecule has 0 aliphatic rings. The van der Waals surface area contributed by atoms with E-state index in [9.17, 15) is 0 Å². The third-order valence-electron chi connectivity index (χ3n) is 2.11. The quantitative estimate of drug-likeness (QED) is 0.552. The van der Waals surface area contributed by atoms with E-state index in [4.69, 9.17) is 5.73 Å². The number of nitrogens with zero attached hydrogens (tertiary/aromatic N) is 1. The van der Waals surface area contributed by atoms with Crippen molar-refractivity contribution in [2.24, 2.45) is 0 Å². The maximum Gasteiger partial charge on any atom is 0.0822 e. The van der Waals surface area contributed by atoms with Gasteiger partial charge in [-0.3, -0.25) is 0 Å². The van der Waals surface area contributed by atoms with Crippen molar-refractivity contribution in [2.75, 3.05) is 33.4 Å². The third kappa shape index (κ3) is 3.47. The number of hydrogen-bond donors (Lipinski definition) is 1. The molecule has 72 valence electrons. The molecule has 0 bridgehead atoms. The highest BCUT2D eigenvalue weighted by atomic mass is 15.3. The van der Waals surface area contributed by atoms with E-state index >= 15 is 0 Å². The summed E-state index contributed by atoms with van der Waals surface area (Å²) in [5.74, 6) is 0. The van der Waals surface area contributed by atoms with Crippen molar-refractivity contribution in [3.8, 4) is 0 Å². The number of quaternary nitrogens is 1. The minimum Gasteiger partial charge on any atom is -0.399 e. The second kappa shape index (κ2) is 3.79. The van der Waals surface area contributed by atoms with E-state index in [1.165, 1.54) is 5.56 Å².